The second-order valence-corrected chi connectivity index (χ2v) is 6.70. The summed E-state index contributed by atoms with van der Waals surface area (Å²) >= 11 is 0. The summed E-state index contributed by atoms with van der Waals surface area (Å²) in [5, 5.41) is 0. The van der Waals surface area contributed by atoms with Gasteiger partial charge in [-0.2, -0.15) is 0 Å². The Labute approximate surface area is 160 Å². The zero-order valence-electron chi connectivity index (χ0n) is 15.6. The fourth-order valence-electron chi connectivity index (χ4n) is 3.41. The summed E-state index contributed by atoms with van der Waals surface area (Å²) in [7, 11) is 0. The molecule has 0 unspecified atom stereocenters. The average molecular weight is 353 g/mol. The lowest BCUT2D eigenvalue weighted by molar-refractivity contribution is 0.921. The van der Waals surface area contributed by atoms with Crippen molar-refractivity contribution in [2.75, 3.05) is 0 Å². The number of aliphatic imine (C=N–C) groups is 2. The van der Waals surface area contributed by atoms with E-state index in [1.165, 1.54) is 28.0 Å². The van der Waals surface area contributed by atoms with Gasteiger partial charge in [0.15, 0.2) is 0 Å². The molecule has 0 atom stereocenters. The SMILES string of the molecule is CC/C=C\N=C1CC=C(C2=CCCc3ncc(-c4ccccc4)cc32)C=N1. The van der Waals surface area contributed by atoms with Gasteiger partial charge in [0.1, 0.15) is 5.84 Å². The minimum absolute atomic E-state index is 0.762. The number of dihydropyridines is 1. The van der Waals surface area contributed by atoms with Gasteiger partial charge >= 0.3 is 0 Å². The van der Waals surface area contributed by atoms with Crippen LogP contribution in [0.5, 0.6) is 0 Å². The van der Waals surface area contributed by atoms with Crippen LogP contribution in [0.4, 0.5) is 0 Å². The molecule has 0 radical (unpaired) electrons. The van der Waals surface area contributed by atoms with Gasteiger partial charge in [0.2, 0.25) is 0 Å². The summed E-state index contributed by atoms with van der Waals surface area (Å²) in [6.07, 6.45) is 16.1. The highest BCUT2D eigenvalue weighted by Gasteiger charge is 2.18. The number of rotatable bonds is 4. The molecular formula is C24H23N3. The molecule has 1 aliphatic carbocycles. The number of fused-ring (bicyclic) bond motifs is 1. The Bertz CT molecular complexity index is 976. The van der Waals surface area contributed by atoms with Gasteiger partial charge in [0, 0.05) is 41.9 Å². The minimum Gasteiger partial charge on any atom is -0.260 e. The lowest BCUT2D eigenvalue weighted by Crippen LogP contribution is -2.08. The molecule has 2 heterocycles. The number of nitrogens with zero attached hydrogens (tertiary/aromatic N) is 3. The summed E-state index contributed by atoms with van der Waals surface area (Å²) < 4.78 is 0. The summed E-state index contributed by atoms with van der Waals surface area (Å²) in [5.41, 5.74) is 7.16. The number of aryl methyl sites for hydroxylation is 1. The van der Waals surface area contributed by atoms with E-state index >= 15 is 0 Å². The monoisotopic (exact) mass is 353 g/mol. The molecule has 0 amide bonds. The highest BCUT2D eigenvalue weighted by Crippen LogP contribution is 2.33. The van der Waals surface area contributed by atoms with E-state index in [0.29, 0.717) is 0 Å². The molecule has 0 saturated heterocycles. The van der Waals surface area contributed by atoms with E-state index in [2.05, 4.69) is 59.4 Å². The van der Waals surface area contributed by atoms with Crippen molar-refractivity contribution in [1.82, 2.24) is 4.98 Å². The molecule has 4 rings (SSSR count). The van der Waals surface area contributed by atoms with Crippen LogP contribution in [0.15, 0.2) is 82.6 Å². The summed E-state index contributed by atoms with van der Waals surface area (Å²) in [5.74, 6) is 0.858. The Kier molecular flexibility index (Phi) is 5.20. The predicted octanol–water partition coefficient (Wildman–Crippen LogP) is 5.80. The van der Waals surface area contributed by atoms with Crippen molar-refractivity contribution in [2.24, 2.45) is 9.98 Å². The molecule has 3 nitrogen and oxygen atoms in total. The Morgan fingerprint density at radius 1 is 1.11 bits per heavy atom. The van der Waals surface area contributed by atoms with Crippen LogP contribution in [-0.4, -0.2) is 17.0 Å². The van der Waals surface area contributed by atoms with Crippen molar-refractivity contribution in [1.29, 1.82) is 0 Å². The molecule has 0 fully saturated rings. The van der Waals surface area contributed by atoms with Crippen LogP contribution < -0.4 is 0 Å². The van der Waals surface area contributed by atoms with Crippen molar-refractivity contribution in [3.8, 4) is 11.1 Å². The Hall–Kier alpha value is -3.07. The molecule has 2 aromatic rings. The van der Waals surface area contributed by atoms with Crippen molar-refractivity contribution in [3.05, 3.63) is 83.9 Å². The Balaban J connectivity index is 1.63. The second-order valence-electron chi connectivity index (χ2n) is 6.70. The first-order valence-corrected chi connectivity index (χ1v) is 9.56. The normalized spacial score (nSPS) is 17.7. The zero-order chi connectivity index (χ0) is 18.5. The van der Waals surface area contributed by atoms with Gasteiger partial charge < -0.3 is 0 Å². The molecular weight excluding hydrogens is 330 g/mol. The fourth-order valence-corrected chi connectivity index (χ4v) is 3.41. The second kappa shape index (κ2) is 8.09. The highest BCUT2D eigenvalue weighted by molar-refractivity contribution is 6.09. The molecule has 0 spiro atoms. The maximum Gasteiger partial charge on any atom is 0.131 e. The van der Waals surface area contributed by atoms with Gasteiger partial charge in [-0.25, -0.2) is 9.98 Å². The predicted molar refractivity (Wildman–Crippen MR) is 114 cm³/mol. The molecule has 0 N–H and O–H groups in total. The first-order chi connectivity index (χ1) is 13.3. The van der Waals surface area contributed by atoms with Crippen LogP contribution >= 0.6 is 0 Å². The molecule has 0 saturated carbocycles. The Morgan fingerprint density at radius 3 is 2.78 bits per heavy atom. The third kappa shape index (κ3) is 3.87. The first kappa shape index (κ1) is 17.3. The van der Waals surface area contributed by atoms with Crippen LogP contribution in [0, 0.1) is 0 Å². The molecule has 3 heteroatoms. The van der Waals surface area contributed by atoms with Gasteiger partial charge in [-0.05, 0) is 42.0 Å². The first-order valence-electron chi connectivity index (χ1n) is 9.56. The fraction of sp³-hybridized carbons (Fsp3) is 0.208. The maximum atomic E-state index is 4.76. The quantitative estimate of drug-likeness (QED) is 0.684. The number of allylic oxidation sites excluding steroid dienone is 4. The summed E-state index contributed by atoms with van der Waals surface area (Å²) in [6, 6.07) is 12.7. The van der Waals surface area contributed by atoms with E-state index in [0.717, 1.165) is 37.1 Å². The van der Waals surface area contributed by atoms with Crippen molar-refractivity contribution in [2.45, 2.75) is 32.6 Å². The summed E-state index contributed by atoms with van der Waals surface area (Å²) in [4.78, 5) is 13.7. The molecule has 1 aliphatic heterocycles. The van der Waals surface area contributed by atoms with E-state index < -0.39 is 0 Å². The summed E-state index contributed by atoms with van der Waals surface area (Å²) in [6.45, 7) is 2.10. The minimum atomic E-state index is 0.762. The molecule has 0 bridgehead atoms. The van der Waals surface area contributed by atoms with Gasteiger partial charge in [-0.1, -0.05) is 55.5 Å². The lowest BCUT2D eigenvalue weighted by atomic mass is 9.87. The van der Waals surface area contributed by atoms with E-state index in [9.17, 15) is 0 Å². The zero-order valence-corrected chi connectivity index (χ0v) is 15.6. The van der Waals surface area contributed by atoms with E-state index in [-0.39, 0.29) is 0 Å². The largest absolute Gasteiger partial charge is 0.260 e. The average Bonchev–Trinajstić information content (AvgIpc) is 2.74. The van der Waals surface area contributed by atoms with Crippen LogP contribution in [0.3, 0.4) is 0 Å². The van der Waals surface area contributed by atoms with Crippen LogP contribution in [0.25, 0.3) is 16.7 Å². The third-order valence-electron chi connectivity index (χ3n) is 4.83. The third-order valence-corrected chi connectivity index (χ3v) is 4.83. The molecule has 1 aromatic carbocycles. The van der Waals surface area contributed by atoms with Crippen LogP contribution in [0.2, 0.25) is 0 Å². The Morgan fingerprint density at radius 2 is 2.00 bits per heavy atom. The van der Waals surface area contributed by atoms with Gasteiger partial charge in [0.25, 0.3) is 0 Å². The van der Waals surface area contributed by atoms with E-state index in [1.807, 2.05) is 30.8 Å². The van der Waals surface area contributed by atoms with Gasteiger partial charge in [-0.15, -0.1) is 0 Å². The standard InChI is InChI=1S/C24H23N3/c1-2-3-14-25-24-13-12-19(16-27-24)21-10-7-11-23-22(21)15-20(17-26-23)18-8-5-4-6-9-18/h3-6,8-10,12,14-17H,2,7,11,13H2,1H3/b14-3-,25-24?. The topological polar surface area (TPSA) is 37.6 Å². The van der Waals surface area contributed by atoms with Crippen molar-refractivity contribution >= 4 is 17.6 Å². The number of amidine groups is 1. The number of benzene rings is 1. The lowest BCUT2D eigenvalue weighted by Gasteiger charge is -2.20. The number of hydrogen-bond acceptors (Lipinski definition) is 2. The van der Waals surface area contributed by atoms with Crippen molar-refractivity contribution < 1.29 is 0 Å². The smallest absolute Gasteiger partial charge is 0.131 e. The highest BCUT2D eigenvalue weighted by atomic mass is 14.9. The van der Waals surface area contributed by atoms with Gasteiger partial charge in [-0.3, -0.25) is 4.98 Å². The van der Waals surface area contributed by atoms with Crippen molar-refractivity contribution in [3.63, 3.8) is 0 Å². The number of hydrogen-bond donors (Lipinski definition) is 0. The van der Waals surface area contributed by atoms with E-state index in [1.54, 1.807) is 0 Å². The molecule has 134 valence electrons. The number of pyridine rings is 1. The van der Waals surface area contributed by atoms with Gasteiger partial charge in [0.05, 0.1) is 0 Å². The van der Waals surface area contributed by atoms with E-state index in [4.69, 9.17) is 4.98 Å². The molecule has 27 heavy (non-hydrogen) atoms. The molecule has 1 aromatic heterocycles. The number of aromatic nitrogens is 1. The molecule has 2 aliphatic rings. The maximum absolute atomic E-state index is 4.76. The van der Waals surface area contributed by atoms with Crippen LogP contribution in [-0.2, 0) is 6.42 Å². The van der Waals surface area contributed by atoms with Crippen LogP contribution in [0.1, 0.15) is 37.4 Å².